The van der Waals surface area contributed by atoms with E-state index in [0.717, 1.165) is 4.90 Å². The van der Waals surface area contributed by atoms with Gasteiger partial charge in [-0.05, 0) is 54.2 Å². The van der Waals surface area contributed by atoms with Gasteiger partial charge in [-0.3, -0.25) is 19.8 Å². The van der Waals surface area contributed by atoms with E-state index in [-0.39, 0.29) is 48.8 Å². The van der Waals surface area contributed by atoms with Crippen LogP contribution >= 0.6 is 58.6 Å². The van der Waals surface area contributed by atoms with Gasteiger partial charge in [-0.2, -0.15) is 0 Å². The molecule has 1 saturated heterocycles. The maximum atomic E-state index is 13.9. The molecule has 0 atom stereocenters. The molecule has 0 radical (unpaired) electrons. The van der Waals surface area contributed by atoms with Gasteiger partial charge in [0.15, 0.2) is 10.9 Å². The smallest absolute Gasteiger partial charge is 0.270 e. The van der Waals surface area contributed by atoms with Gasteiger partial charge in [0.1, 0.15) is 18.0 Å². The number of halogens is 5. The van der Waals surface area contributed by atoms with Gasteiger partial charge in [0, 0.05) is 5.56 Å². The third-order valence-electron chi connectivity index (χ3n) is 4.94. The Morgan fingerprint density at radius 2 is 1.66 bits per heavy atom. The lowest BCUT2D eigenvalue weighted by Crippen LogP contribution is -2.54. The summed E-state index contributed by atoms with van der Waals surface area (Å²) in [5.41, 5.74) is 0.655. The second kappa shape index (κ2) is 10.5. The van der Waals surface area contributed by atoms with Crippen molar-refractivity contribution in [1.82, 2.24) is 5.32 Å². The van der Waals surface area contributed by atoms with Crippen molar-refractivity contribution in [2.24, 2.45) is 0 Å². The van der Waals surface area contributed by atoms with Crippen LogP contribution in [0.15, 0.2) is 60.2 Å². The fraction of sp³-hybridized carbons (Fsp3) is 0.0417. The Kier molecular flexibility index (Phi) is 7.64. The van der Waals surface area contributed by atoms with Crippen molar-refractivity contribution in [3.8, 4) is 5.75 Å². The molecule has 4 rings (SSSR count). The van der Waals surface area contributed by atoms with Gasteiger partial charge in [0.25, 0.3) is 11.8 Å². The molecule has 0 bridgehead atoms. The largest absolute Gasteiger partial charge is 0.486 e. The van der Waals surface area contributed by atoms with Crippen LogP contribution in [0.3, 0.4) is 0 Å². The number of benzene rings is 3. The van der Waals surface area contributed by atoms with Crippen LogP contribution in [0.2, 0.25) is 20.1 Å². The van der Waals surface area contributed by atoms with E-state index in [0.29, 0.717) is 11.1 Å². The van der Waals surface area contributed by atoms with Crippen molar-refractivity contribution in [1.29, 1.82) is 0 Å². The Hall–Kier alpha value is -2.68. The van der Waals surface area contributed by atoms with Crippen LogP contribution in [0.25, 0.3) is 6.08 Å². The van der Waals surface area contributed by atoms with E-state index in [1.165, 1.54) is 24.3 Å². The van der Waals surface area contributed by atoms with Crippen LogP contribution in [-0.2, 0) is 16.2 Å². The highest BCUT2D eigenvalue weighted by Gasteiger charge is 2.35. The highest BCUT2D eigenvalue weighted by molar-refractivity contribution is 7.80. The van der Waals surface area contributed by atoms with Crippen molar-refractivity contribution in [2.75, 3.05) is 4.90 Å². The average molecular weight is 570 g/mol. The Morgan fingerprint density at radius 3 is 2.34 bits per heavy atom. The van der Waals surface area contributed by atoms with Gasteiger partial charge in [-0.25, -0.2) is 4.39 Å². The first-order chi connectivity index (χ1) is 16.7. The van der Waals surface area contributed by atoms with Crippen molar-refractivity contribution < 1.29 is 18.7 Å². The Balaban J connectivity index is 1.64. The van der Waals surface area contributed by atoms with Crippen LogP contribution in [-0.4, -0.2) is 16.9 Å². The maximum absolute atomic E-state index is 13.9. The number of thiocarbonyl (C=S) groups is 1. The van der Waals surface area contributed by atoms with Crippen LogP contribution in [0.1, 0.15) is 11.1 Å². The van der Waals surface area contributed by atoms with Crippen molar-refractivity contribution >= 4 is 87.3 Å². The van der Waals surface area contributed by atoms with Gasteiger partial charge in [-0.15, -0.1) is 0 Å². The summed E-state index contributed by atoms with van der Waals surface area (Å²) >= 11 is 30.2. The predicted octanol–water partition coefficient (Wildman–Crippen LogP) is 6.85. The number of anilines is 1. The number of nitrogens with one attached hydrogen (secondary N) is 1. The average Bonchev–Trinajstić information content (AvgIpc) is 2.80. The summed E-state index contributed by atoms with van der Waals surface area (Å²) in [6.07, 6.45) is 1.31. The van der Waals surface area contributed by atoms with E-state index in [2.05, 4.69) is 5.32 Å². The minimum atomic E-state index is -0.713. The number of hydrogen-bond donors (Lipinski definition) is 1. The molecular formula is C24H13Cl4FN2O3S. The van der Waals surface area contributed by atoms with Gasteiger partial charge in [0.2, 0.25) is 0 Å². The van der Waals surface area contributed by atoms with E-state index in [1.807, 2.05) is 0 Å². The molecule has 1 heterocycles. The molecule has 1 fully saturated rings. The minimum Gasteiger partial charge on any atom is -0.486 e. The van der Waals surface area contributed by atoms with Crippen LogP contribution in [0.5, 0.6) is 5.75 Å². The first-order valence-electron chi connectivity index (χ1n) is 9.88. The SMILES string of the molecule is O=C1NC(=S)N(c2cccc(Cl)c2Cl)C(=O)/C1=C/c1cc(Cl)c(OCc2ccccc2F)c(Cl)c1. The first kappa shape index (κ1) is 25.4. The summed E-state index contributed by atoms with van der Waals surface area (Å²) in [5.74, 6) is -1.71. The highest BCUT2D eigenvalue weighted by atomic mass is 35.5. The topological polar surface area (TPSA) is 58.6 Å². The van der Waals surface area contributed by atoms with Gasteiger partial charge in [0.05, 0.1) is 25.8 Å². The lowest BCUT2D eigenvalue weighted by molar-refractivity contribution is -0.122. The van der Waals surface area contributed by atoms with Crippen LogP contribution in [0, 0.1) is 5.82 Å². The number of carbonyl (C=O) groups is 2. The number of hydrogen-bond acceptors (Lipinski definition) is 4. The highest BCUT2D eigenvalue weighted by Crippen LogP contribution is 2.37. The number of ether oxygens (including phenoxy) is 1. The number of amides is 2. The number of rotatable bonds is 5. The first-order valence-corrected chi connectivity index (χ1v) is 11.8. The zero-order chi connectivity index (χ0) is 25.3. The van der Waals surface area contributed by atoms with Crippen molar-refractivity contribution in [3.05, 3.63) is 97.2 Å². The maximum Gasteiger partial charge on any atom is 0.270 e. The molecule has 5 nitrogen and oxygen atoms in total. The molecule has 178 valence electrons. The van der Waals surface area contributed by atoms with Crippen molar-refractivity contribution in [3.63, 3.8) is 0 Å². The molecule has 0 aliphatic carbocycles. The van der Waals surface area contributed by atoms with E-state index in [1.54, 1.807) is 36.4 Å². The fourth-order valence-corrected chi connectivity index (χ4v) is 4.54. The monoisotopic (exact) mass is 568 g/mol. The molecule has 0 unspecified atom stereocenters. The normalized spacial score (nSPS) is 14.9. The van der Waals surface area contributed by atoms with E-state index < -0.39 is 17.6 Å². The lowest BCUT2D eigenvalue weighted by atomic mass is 10.1. The molecule has 0 spiro atoms. The zero-order valence-electron chi connectivity index (χ0n) is 17.5. The summed E-state index contributed by atoms with van der Waals surface area (Å²) in [5, 5.41) is 2.84. The molecule has 0 saturated carbocycles. The Bertz CT molecular complexity index is 1390. The lowest BCUT2D eigenvalue weighted by Gasteiger charge is -2.29. The molecule has 11 heteroatoms. The van der Waals surface area contributed by atoms with Gasteiger partial charge < -0.3 is 4.74 Å². The van der Waals surface area contributed by atoms with Gasteiger partial charge in [-0.1, -0.05) is 70.7 Å². The summed E-state index contributed by atoms with van der Waals surface area (Å²) in [4.78, 5) is 26.9. The molecule has 3 aromatic rings. The summed E-state index contributed by atoms with van der Waals surface area (Å²) in [6.45, 7) is -0.0970. The zero-order valence-corrected chi connectivity index (χ0v) is 21.3. The minimum absolute atomic E-state index is 0.0970. The fourth-order valence-electron chi connectivity index (χ4n) is 3.27. The van der Waals surface area contributed by atoms with Crippen molar-refractivity contribution in [2.45, 2.75) is 6.61 Å². The standard InChI is InChI=1S/C24H13Cl4FN2O3S/c25-15-5-3-7-19(20(15)28)31-23(33)14(22(32)30-24(31)35)8-12-9-16(26)21(17(27)10-12)34-11-13-4-1-2-6-18(13)29/h1-10H,11H2,(H,30,32,35)/b14-8+. The third kappa shape index (κ3) is 5.29. The van der Waals surface area contributed by atoms with E-state index in [9.17, 15) is 14.0 Å². The third-order valence-corrected chi connectivity index (χ3v) is 6.59. The van der Waals surface area contributed by atoms with E-state index >= 15 is 0 Å². The molecule has 1 aliphatic heterocycles. The molecule has 0 aromatic heterocycles. The summed E-state index contributed by atoms with van der Waals surface area (Å²) < 4.78 is 19.5. The second-order valence-corrected chi connectivity index (χ2v) is 9.21. The van der Waals surface area contributed by atoms with Gasteiger partial charge >= 0.3 is 0 Å². The quantitative estimate of drug-likeness (QED) is 0.207. The Morgan fingerprint density at radius 1 is 0.971 bits per heavy atom. The molecule has 2 amide bonds. The molecule has 1 N–H and O–H groups in total. The summed E-state index contributed by atoms with van der Waals surface area (Å²) in [6, 6.07) is 13.8. The molecule has 1 aliphatic rings. The number of nitrogens with zero attached hydrogens (tertiary/aromatic N) is 1. The van der Waals surface area contributed by atoms with Crippen LogP contribution < -0.4 is 15.0 Å². The predicted molar refractivity (Wildman–Crippen MR) is 140 cm³/mol. The molecular weight excluding hydrogens is 557 g/mol. The van der Waals surface area contributed by atoms with E-state index in [4.69, 9.17) is 63.4 Å². The number of carbonyl (C=O) groups excluding carboxylic acids is 2. The molecule has 35 heavy (non-hydrogen) atoms. The Labute approximate surface area is 225 Å². The second-order valence-electron chi connectivity index (χ2n) is 7.22. The van der Waals surface area contributed by atoms with Crippen LogP contribution in [0.4, 0.5) is 10.1 Å². The summed E-state index contributed by atoms with van der Waals surface area (Å²) in [7, 11) is 0. The molecule has 3 aromatic carbocycles.